The Balaban J connectivity index is 0.958. The summed E-state index contributed by atoms with van der Waals surface area (Å²) in [5, 5.41) is 18.1. The van der Waals surface area contributed by atoms with E-state index in [1.165, 1.54) is 14.2 Å². The Morgan fingerprint density at radius 3 is 2.51 bits per heavy atom. The fourth-order valence-corrected chi connectivity index (χ4v) is 10.2. The van der Waals surface area contributed by atoms with Crippen LogP contribution in [0.25, 0.3) is 44.2 Å². The topological polar surface area (TPSA) is 196 Å². The predicted octanol–water partition coefficient (Wildman–Crippen LogP) is 6.31. The summed E-state index contributed by atoms with van der Waals surface area (Å²) in [4.78, 5) is 61.2. The number of benzene rings is 3. The molecule has 63 heavy (non-hydrogen) atoms. The Morgan fingerprint density at radius 2 is 1.75 bits per heavy atom. The van der Waals surface area contributed by atoms with Crippen LogP contribution in [0.15, 0.2) is 48.7 Å². The largest absolute Gasteiger partial charge is 0.488 e. The minimum Gasteiger partial charge on any atom is -0.488 e. The van der Waals surface area contributed by atoms with Crippen LogP contribution < -0.4 is 15.4 Å². The highest BCUT2D eigenvalue weighted by Gasteiger charge is 2.43. The molecule has 5 aromatic rings. The number of H-pyrrole nitrogens is 2. The number of rotatable bonds is 11. The number of nitrogens with one attached hydrogen (secondary N) is 4. The van der Waals surface area contributed by atoms with E-state index in [1.807, 2.05) is 42.8 Å². The Bertz CT molecular complexity index is 2510. The molecule has 3 aromatic carbocycles. The van der Waals surface area contributed by atoms with Gasteiger partial charge in [-0.05, 0) is 103 Å². The highest BCUT2D eigenvalue weighted by molar-refractivity contribution is 6.07. The molecule has 2 aromatic heterocycles. The summed E-state index contributed by atoms with van der Waals surface area (Å²) in [6.45, 7) is 10.1. The van der Waals surface area contributed by atoms with Crippen LogP contribution in [0.3, 0.4) is 0 Å². The first-order chi connectivity index (χ1) is 30.4. The van der Waals surface area contributed by atoms with Crippen LogP contribution in [0.2, 0.25) is 0 Å². The van der Waals surface area contributed by atoms with Crippen molar-refractivity contribution >= 4 is 39.7 Å². The molecule has 7 atom stereocenters. The van der Waals surface area contributed by atoms with Crippen molar-refractivity contribution in [2.45, 2.75) is 103 Å². The lowest BCUT2D eigenvalue weighted by atomic mass is 9.90. The highest BCUT2D eigenvalue weighted by Crippen LogP contribution is 2.44. The molecule has 16 nitrogen and oxygen atoms in total. The van der Waals surface area contributed by atoms with E-state index in [1.54, 1.807) is 0 Å². The third-order valence-electron chi connectivity index (χ3n) is 13.6. The summed E-state index contributed by atoms with van der Waals surface area (Å²) < 4.78 is 22.0. The predicted molar refractivity (Wildman–Crippen MR) is 235 cm³/mol. The first kappa shape index (κ1) is 42.7. The van der Waals surface area contributed by atoms with Crippen molar-refractivity contribution in [1.29, 1.82) is 0 Å². The van der Waals surface area contributed by atoms with Gasteiger partial charge in [0.15, 0.2) is 0 Å². The van der Waals surface area contributed by atoms with Crippen molar-refractivity contribution in [3.8, 4) is 28.1 Å². The van der Waals surface area contributed by atoms with Gasteiger partial charge in [-0.2, -0.15) is 0 Å². The van der Waals surface area contributed by atoms with Gasteiger partial charge in [-0.1, -0.05) is 39.0 Å². The summed E-state index contributed by atoms with van der Waals surface area (Å²) in [5.74, 6) is 2.16. The number of carbonyl (C=O) groups excluding carboxylic acids is 3. The normalized spacial score (nSPS) is 22.8. The van der Waals surface area contributed by atoms with Crippen molar-refractivity contribution in [3.63, 3.8) is 0 Å². The zero-order valence-corrected chi connectivity index (χ0v) is 36.8. The molecule has 3 amide bonds. The summed E-state index contributed by atoms with van der Waals surface area (Å²) >= 11 is 0. The fourth-order valence-electron chi connectivity index (χ4n) is 10.2. The third-order valence-corrected chi connectivity index (χ3v) is 13.6. The average molecular weight is 863 g/mol. The van der Waals surface area contributed by atoms with Gasteiger partial charge in [-0.15, -0.1) is 0 Å². The quantitative estimate of drug-likeness (QED) is 0.0934. The number of methoxy groups -OCH3 is 2. The minimum absolute atomic E-state index is 0.0123. The SMILES string of the molecule is COC(=O)N[C@H](C(=O)N1[C@@H](C)CC[C@H]1c1nc2c(ccc3cc4c(cc32)OCc2cc(-c3cnc([C@@H]5C[C@H](C)CN5C(=O)[C@@H](NC(O)OC)C5CCOCC5)[nH]3)ccc2-4)[nH]1)C(C)C. The van der Waals surface area contributed by atoms with Crippen LogP contribution in [0.4, 0.5) is 4.79 Å². The summed E-state index contributed by atoms with van der Waals surface area (Å²) in [6, 6.07) is 12.8. The second kappa shape index (κ2) is 17.5. The smallest absolute Gasteiger partial charge is 0.407 e. The molecular formula is C47H58N8O8. The van der Waals surface area contributed by atoms with Crippen molar-refractivity contribution in [2.75, 3.05) is 34.0 Å². The lowest BCUT2D eigenvalue weighted by Crippen LogP contribution is -2.54. The molecule has 9 rings (SSSR count). The number of aliphatic hydroxyl groups is 1. The maximum absolute atomic E-state index is 14.3. The van der Waals surface area contributed by atoms with Gasteiger partial charge in [0, 0.05) is 43.9 Å². The van der Waals surface area contributed by atoms with Crippen LogP contribution >= 0.6 is 0 Å². The van der Waals surface area contributed by atoms with Crippen molar-refractivity contribution < 1.29 is 38.4 Å². The molecule has 3 saturated heterocycles. The number of nitrogens with zero attached hydrogens (tertiary/aromatic N) is 4. The first-order valence-corrected chi connectivity index (χ1v) is 22.2. The number of amides is 3. The number of hydrogen-bond donors (Lipinski definition) is 5. The Hall–Kier alpha value is -5.55. The van der Waals surface area contributed by atoms with E-state index in [0.29, 0.717) is 32.2 Å². The molecule has 0 radical (unpaired) electrons. The van der Waals surface area contributed by atoms with Gasteiger partial charge >= 0.3 is 6.09 Å². The summed E-state index contributed by atoms with van der Waals surface area (Å²) in [5.41, 5.74) is 6.64. The minimum atomic E-state index is -1.25. The second-order valence-electron chi connectivity index (χ2n) is 18.1. The van der Waals surface area contributed by atoms with Crippen LogP contribution in [-0.4, -0.2) is 111 Å². The van der Waals surface area contributed by atoms with E-state index in [2.05, 4.69) is 63.9 Å². The number of likely N-dealkylation sites (tertiary alicyclic amines) is 2. The number of alkyl carbamates (subject to hydrolysis) is 1. The summed E-state index contributed by atoms with van der Waals surface area (Å²) in [7, 11) is 2.70. The number of aromatic amines is 2. The van der Waals surface area contributed by atoms with E-state index in [9.17, 15) is 19.5 Å². The molecule has 0 saturated carbocycles. The standard InChI is InChI=1S/C47H58N8O8/c1-24(2)39(52-46(58)60-5)45(57)55-26(4)7-12-36(55)43-49-34-11-9-28-19-33-31-10-8-29(18-30(31)23-63-38(33)20-32(28)41(34)51-43)35-21-48-42(50-35)37-17-25(3)22-54(37)44(56)40(53-47(59)61-6)27-13-15-62-16-14-27/h8-11,18-21,24-27,36-37,39-40,47,53,59H,7,12-17,22-23H2,1-6H3,(H,48,50)(H,49,51)(H,52,58)/t25-,26-,36-,37-,39-,40-,47?/m0/s1. The van der Waals surface area contributed by atoms with E-state index in [0.717, 1.165) is 93.4 Å². The van der Waals surface area contributed by atoms with Crippen molar-refractivity contribution in [3.05, 3.63) is 65.9 Å². The second-order valence-corrected chi connectivity index (χ2v) is 18.1. The third kappa shape index (κ3) is 8.13. The molecule has 16 heteroatoms. The Morgan fingerprint density at radius 1 is 0.937 bits per heavy atom. The van der Waals surface area contributed by atoms with E-state index >= 15 is 0 Å². The zero-order chi connectivity index (χ0) is 44.1. The number of aromatic nitrogens is 4. The number of fused-ring (bicyclic) bond motifs is 6. The lowest BCUT2D eigenvalue weighted by Gasteiger charge is -2.35. The number of carbonyl (C=O) groups is 3. The average Bonchev–Trinajstić information content (AvgIpc) is 4.12. The summed E-state index contributed by atoms with van der Waals surface area (Å²) in [6.07, 6.45) is 3.73. The highest BCUT2D eigenvalue weighted by atomic mass is 16.6. The molecule has 4 aliphatic rings. The molecule has 5 N–H and O–H groups in total. The monoisotopic (exact) mass is 862 g/mol. The Labute approximate surface area is 366 Å². The van der Waals surface area contributed by atoms with Gasteiger partial charge in [0.05, 0.1) is 48.2 Å². The van der Waals surface area contributed by atoms with Crippen LogP contribution in [0, 0.1) is 17.8 Å². The zero-order valence-electron chi connectivity index (χ0n) is 36.8. The molecule has 3 fully saturated rings. The number of aliphatic hydroxyl groups excluding tert-OH is 1. The van der Waals surface area contributed by atoms with Crippen molar-refractivity contribution in [2.24, 2.45) is 17.8 Å². The van der Waals surface area contributed by atoms with E-state index in [-0.39, 0.29) is 47.7 Å². The van der Waals surface area contributed by atoms with E-state index in [4.69, 9.17) is 28.9 Å². The van der Waals surface area contributed by atoms with Gasteiger partial charge in [0.1, 0.15) is 30.0 Å². The molecule has 4 aliphatic heterocycles. The number of hydrogen-bond acceptors (Lipinski definition) is 11. The van der Waals surface area contributed by atoms with Crippen molar-refractivity contribution in [1.82, 2.24) is 40.4 Å². The van der Waals surface area contributed by atoms with Gasteiger partial charge in [-0.3, -0.25) is 14.9 Å². The molecule has 1 unspecified atom stereocenters. The lowest BCUT2D eigenvalue weighted by molar-refractivity contribution is -0.147. The van der Waals surface area contributed by atoms with Crippen LogP contribution in [0.5, 0.6) is 5.75 Å². The van der Waals surface area contributed by atoms with Gasteiger partial charge in [0.2, 0.25) is 18.2 Å². The fraction of sp³-hybridized carbons (Fsp3) is 0.511. The van der Waals surface area contributed by atoms with E-state index < -0.39 is 24.6 Å². The molecule has 334 valence electrons. The number of ether oxygens (including phenoxy) is 4. The number of imidazole rings is 2. The molecule has 0 aliphatic carbocycles. The molecule has 0 bridgehead atoms. The van der Waals surface area contributed by atoms with Gasteiger partial charge in [-0.25, -0.2) is 14.8 Å². The van der Waals surface area contributed by atoms with Gasteiger partial charge in [0.25, 0.3) is 0 Å². The Kier molecular flexibility index (Phi) is 11.9. The molecule has 0 spiro atoms. The van der Waals surface area contributed by atoms with Crippen LogP contribution in [-0.2, 0) is 30.4 Å². The first-order valence-electron chi connectivity index (χ1n) is 22.2. The molecular weight excluding hydrogens is 805 g/mol. The molecule has 6 heterocycles. The maximum Gasteiger partial charge on any atom is 0.407 e. The van der Waals surface area contributed by atoms with Crippen LogP contribution in [0.1, 0.15) is 89.1 Å². The maximum atomic E-state index is 14.3. The van der Waals surface area contributed by atoms with Gasteiger partial charge < -0.3 is 49.1 Å².